The second-order valence-corrected chi connectivity index (χ2v) is 8.31. The van der Waals surface area contributed by atoms with Crippen LogP contribution in [0.4, 0.5) is 0 Å². The number of hydrogen-bond acceptors (Lipinski definition) is 6. The van der Waals surface area contributed by atoms with E-state index in [1.54, 1.807) is 19.6 Å². The highest BCUT2D eigenvalue weighted by Crippen LogP contribution is 2.37. The van der Waals surface area contributed by atoms with Gasteiger partial charge in [-0.25, -0.2) is 4.98 Å². The predicted octanol–water partition coefficient (Wildman–Crippen LogP) is 4.72. The first-order chi connectivity index (χ1) is 17.2. The van der Waals surface area contributed by atoms with E-state index in [1.807, 2.05) is 83.6 Å². The lowest BCUT2D eigenvalue weighted by Crippen LogP contribution is -2.34. The first-order valence-corrected chi connectivity index (χ1v) is 11.4. The number of aromatic nitrogens is 2. The van der Waals surface area contributed by atoms with Gasteiger partial charge in [-0.1, -0.05) is 36.4 Å². The molecule has 0 aliphatic carbocycles. The standard InChI is InChI=1S/C28H26N2O5/c1-32-24-12-8-23(9-13-24)28(19-30-15-14-29-20-30)34-18-26(35-28)17-33-25-10-6-21(7-11-25)27-5-3-2-4-22(27)16-31/h2-16,20,26H,17-19H2,1H3. The van der Waals surface area contributed by atoms with Crippen LogP contribution in [0.15, 0.2) is 91.5 Å². The van der Waals surface area contributed by atoms with Crippen molar-refractivity contribution in [1.82, 2.24) is 9.55 Å². The Balaban J connectivity index is 1.27. The fourth-order valence-electron chi connectivity index (χ4n) is 4.22. The third-order valence-corrected chi connectivity index (χ3v) is 6.03. The molecule has 7 heteroatoms. The first kappa shape index (κ1) is 22.8. The summed E-state index contributed by atoms with van der Waals surface area (Å²) in [6.07, 6.45) is 5.97. The molecular weight excluding hydrogens is 444 g/mol. The molecule has 3 aromatic carbocycles. The van der Waals surface area contributed by atoms with Crippen LogP contribution >= 0.6 is 0 Å². The molecule has 1 saturated heterocycles. The van der Waals surface area contributed by atoms with Gasteiger partial charge in [0.05, 0.1) is 26.6 Å². The van der Waals surface area contributed by atoms with E-state index in [0.29, 0.717) is 25.3 Å². The summed E-state index contributed by atoms with van der Waals surface area (Å²) in [5, 5.41) is 0. The molecule has 1 aliphatic rings. The van der Waals surface area contributed by atoms with Crippen molar-refractivity contribution in [2.24, 2.45) is 0 Å². The van der Waals surface area contributed by atoms with Gasteiger partial charge in [0.25, 0.3) is 0 Å². The molecule has 178 valence electrons. The molecule has 0 saturated carbocycles. The van der Waals surface area contributed by atoms with Crippen LogP contribution in [0.5, 0.6) is 11.5 Å². The Hall–Kier alpha value is -3.94. The van der Waals surface area contributed by atoms with Gasteiger partial charge in [-0.15, -0.1) is 0 Å². The molecule has 0 radical (unpaired) electrons. The van der Waals surface area contributed by atoms with Gasteiger partial charge >= 0.3 is 0 Å². The van der Waals surface area contributed by atoms with Crippen LogP contribution in [0, 0.1) is 0 Å². The third-order valence-electron chi connectivity index (χ3n) is 6.03. The topological polar surface area (TPSA) is 71.8 Å². The minimum atomic E-state index is -0.955. The van der Waals surface area contributed by atoms with Crippen LogP contribution in [-0.2, 0) is 21.8 Å². The molecule has 1 fully saturated rings. The number of carbonyl (C=O) groups is 1. The Bertz CT molecular complexity index is 1260. The van der Waals surface area contributed by atoms with Crippen molar-refractivity contribution >= 4 is 6.29 Å². The Morgan fingerprint density at radius 1 is 1.06 bits per heavy atom. The van der Waals surface area contributed by atoms with Crippen LogP contribution in [0.2, 0.25) is 0 Å². The number of carbonyl (C=O) groups excluding carboxylic acids is 1. The molecule has 1 aliphatic heterocycles. The second-order valence-electron chi connectivity index (χ2n) is 8.31. The number of ether oxygens (including phenoxy) is 4. The van der Waals surface area contributed by atoms with E-state index in [4.69, 9.17) is 18.9 Å². The molecule has 0 bridgehead atoms. The van der Waals surface area contributed by atoms with E-state index < -0.39 is 5.79 Å². The van der Waals surface area contributed by atoms with Crippen LogP contribution in [0.1, 0.15) is 15.9 Å². The minimum absolute atomic E-state index is 0.254. The van der Waals surface area contributed by atoms with E-state index in [9.17, 15) is 4.79 Å². The summed E-state index contributed by atoms with van der Waals surface area (Å²) in [7, 11) is 1.64. The highest BCUT2D eigenvalue weighted by molar-refractivity contribution is 5.87. The van der Waals surface area contributed by atoms with Gasteiger partial charge in [-0.2, -0.15) is 0 Å². The summed E-state index contributed by atoms with van der Waals surface area (Å²) in [6.45, 7) is 1.19. The van der Waals surface area contributed by atoms with Gasteiger partial charge in [-0.3, -0.25) is 4.79 Å². The Morgan fingerprint density at radius 2 is 1.83 bits per heavy atom. The Kier molecular flexibility index (Phi) is 6.61. The molecule has 2 unspecified atom stereocenters. The fourth-order valence-corrected chi connectivity index (χ4v) is 4.22. The highest BCUT2D eigenvalue weighted by atomic mass is 16.8. The quantitative estimate of drug-likeness (QED) is 0.330. The molecule has 1 aromatic heterocycles. The average molecular weight is 471 g/mol. The summed E-state index contributed by atoms with van der Waals surface area (Å²) in [4.78, 5) is 15.5. The number of benzene rings is 3. The lowest BCUT2D eigenvalue weighted by atomic mass is 10.0. The van der Waals surface area contributed by atoms with Gasteiger partial charge in [-0.05, 0) is 47.5 Å². The van der Waals surface area contributed by atoms with Crippen molar-refractivity contribution in [3.05, 3.63) is 103 Å². The normalized spacial score (nSPS) is 19.4. The van der Waals surface area contributed by atoms with Crippen molar-refractivity contribution < 1.29 is 23.7 Å². The molecule has 0 N–H and O–H groups in total. The summed E-state index contributed by atoms with van der Waals surface area (Å²) < 4.78 is 26.0. The molecule has 35 heavy (non-hydrogen) atoms. The van der Waals surface area contributed by atoms with Crippen LogP contribution in [0.3, 0.4) is 0 Å². The van der Waals surface area contributed by atoms with E-state index in [1.165, 1.54) is 0 Å². The van der Waals surface area contributed by atoms with Crippen LogP contribution in [0.25, 0.3) is 11.1 Å². The lowest BCUT2D eigenvalue weighted by Gasteiger charge is -2.29. The molecule has 0 amide bonds. The molecule has 5 rings (SSSR count). The number of rotatable bonds is 9. The van der Waals surface area contributed by atoms with Crippen molar-refractivity contribution in [3.63, 3.8) is 0 Å². The molecule has 7 nitrogen and oxygen atoms in total. The number of methoxy groups -OCH3 is 1. The van der Waals surface area contributed by atoms with E-state index >= 15 is 0 Å². The molecule has 0 spiro atoms. The monoisotopic (exact) mass is 470 g/mol. The smallest absolute Gasteiger partial charge is 0.214 e. The van der Waals surface area contributed by atoms with Crippen molar-refractivity contribution in [2.75, 3.05) is 20.3 Å². The number of nitrogens with zero attached hydrogens (tertiary/aromatic N) is 2. The summed E-state index contributed by atoms with van der Waals surface area (Å²) >= 11 is 0. The highest BCUT2D eigenvalue weighted by Gasteiger charge is 2.44. The van der Waals surface area contributed by atoms with Gasteiger partial charge in [0.1, 0.15) is 24.2 Å². The second kappa shape index (κ2) is 10.1. The first-order valence-electron chi connectivity index (χ1n) is 11.4. The van der Waals surface area contributed by atoms with Gasteiger partial charge < -0.3 is 23.5 Å². The zero-order chi connectivity index (χ0) is 24.1. The maximum atomic E-state index is 11.3. The maximum Gasteiger partial charge on any atom is 0.214 e. The molecule has 2 heterocycles. The summed E-state index contributed by atoms with van der Waals surface area (Å²) in [5.74, 6) is 0.532. The summed E-state index contributed by atoms with van der Waals surface area (Å²) in [6, 6.07) is 22.9. The fraction of sp³-hybridized carbons (Fsp3) is 0.214. The molecule has 2 atom stereocenters. The lowest BCUT2D eigenvalue weighted by molar-refractivity contribution is -0.189. The van der Waals surface area contributed by atoms with Crippen LogP contribution < -0.4 is 9.47 Å². The number of hydrogen-bond donors (Lipinski definition) is 0. The largest absolute Gasteiger partial charge is 0.497 e. The zero-order valence-corrected chi connectivity index (χ0v) is 19.4. The summed E-state index contributed by atoms with van der Waals surface area (Å²) in [5.41, 5.74) is 3.41. The van der Waals surface area contributed by atoms with Crippen LogP contribution in [-0.4, -0.2) is 42.3 Å². The van der Waals surface area contributed by atoms with Crippen molar-refractivity contribution in [2.45, 2.75) is 18.4 Å². The number of aldehydes is 1. The molecular formula is C28H26N2O5. The van der Waals surface area contributed by atoms with Gasteiger partial charge in [0, 0.05) is 23.5 Å². The third kappa shape index (κ3) is 4.96. The molecule has 4 aromatic rings. The SMILES string of the molecule is COc1ccc(C2(Cn3ccnc3)OCC(COc3ccc(-c4ccccc4C=O)cc3)O2)cc1. The van der Waals surface area contributed by atoms with Gasteiger partial charge in [0.2, 0.25) is 5.79 Å². The van der Waals surface area contributed by atoms with E-state index in [2.05, 4.69) is 4.98 Å². The predicted molar refractivity (Wildman–Crippen MR) is 130 cm³/mol. The number of imidazole rings is 1. The van der Waals surface area contributed by atoms with E-state index in [0.717, 1.165) is 34.5 Å². The van der Waals surface area contributed by atoms with Gasteiger partial charge in [0.15, 0.2) is 6.29 Å². The van der Waals surface area contributed by atoms with Crippen molar-refractivity contribution in [1.29, 1.82) is 0 Å². The van der Waals surface area contributed by atoms with Crippen molar-refractivity contribution in [3.8, 4) is 22.6 Å². The maximum absolute atomic E-state index is 11.3. The zero-order valence-electron chi connectivity index (χ0n) is 19.4. The Labute approximate surface area is 203 Å². The van der Waals surface area contributed by atoms with E-state index in [-0.39, 0.29) is 6.10 Å². The Morgan fingerprint density at radius 3 is 2.54 bits per heavy atom. The minimum Gasteiger partial charge on any atom is -0.497 e. The average Bonchev–Trinajstić information content (AvgIpc) is 3.58.